The molecule has 0 radical (unpaired) electrons. The number of nitrogens with zero attached hydrogens (tertiary/aromatic N) is 6. The Morgan fingerprint density at radius 2 is 1.94 bits per heavy atom. The molecule has 1 aromatic carbocycles. The first-order chi connectivity index (χ1) is 17.7. The lowest BCUT2D eigenvalue weighted by Gasteiger charge is -2.30. The van der Waals surface area contributed by atoms with Crippen LogP contribution in [0.4, 0.5) is 0 Å². The zero-order valence-electron chi connectivity index (χ0n) is 20.9. The fourth-order valence-corrected chi connectivity index (χ4v) is 5.22. The molecule has 36 heavy (non-hydrogen) atoms. The van der Waals surface area contributed by atoms with Gasteiger partial charge >= 0.3 is 5.69 Å². The van der Waals surface area contributed by atoms with Gasteiger partial charge in [-0.3, -0.25) is 14.1 Å². The Morgan fingerprint density at radius 3 is 2.75 bits per heavy atom. The van der Waals surface area contributed by atoms with E-state index in [4.69, 9.17) is 4.74 Å². The predicted molar refractivity (Wildman–Crippen MR) is 138 cm³/mol. The van der Waals surface area contributed by atoms with Crippen LogP contribution in [0.1, 0.15) is 62.9 Å². The number of aromatic nitrogens is 7. The Morgan fingerprint density at radius 1 is 1.11 bits per heavy atom. The summed E-state index contributed by atoms with van der Waals surface area (Å²) in [7, 11) is 1.76. The average Bonchev–Trinajstić information content (AvgIpc) is 3.57. The number of ether oxygens (including phenoxy) is 1. The van der Waals surface area contributed by atoms with Gasteiger partial charge in [-0.1, -0.05) is 44.4 Å². The standard InChI is InChI=1S/C27H33N7O2/c1-3-4-10-23-18-34(24-11-5-6-12-25(24)36-2)27(35)33(23)17-22-16-20(13-14-28-22)19-8-7-9-21(15-19)26-29-31-32-30-26/h7-9,13-16,18,24-25H,3-6,10-12,17H2,1-2H3,(H,29,30,31,32). The van der Waals surface area contributed by atoms with Gasteiger partial charge < -0.3 is 4.74 Å². The highest BCUT2D eigenvalue weighted by Gasteiger charge is 2.29. The molecule has 9 nitrogen and oxygen atoms in total. The van der Waals surface area contributed by atoms with Crippen molar-refractivity contribution in [2.45, 2.75) is 70.6 Å². The SMILES string of the molecule is CCCCc1cn(C2CCCCC2OC)c(=O)n1Cc1cc(-c2cccc(-c3nnn[nH]3)c2)ccn1. The zero-order chi connectivity index (χ0) is 24.9. The van der Waals surface area contributed by atoms with E-state index < -0.39 is 0 Å². The van der Waals surface area contributed by atoms with Gasteiger partial charge in [0.2, 0.25) is 0 Å². The van der Waals surface area contributed by atoms with Crippen LogP contribution < -0.4 is 5.69 Å². The molecule has 2 unspecified atom stereocenters. The summed E-state index contributed by atoms with van der Waals surface area (Å²) in [6.07, 6.45) is 11.2. The predicted octanol–water partition coefficient (Wildman–Crippen LogP) is 4.41. The van der Waals surface area contributed by atoms with E-state index in [-0.39, 0.29) is 17.8 Å². The molecule has 0 bridgehead atoms. The van der Waals surface area contributed by atoms with E-state index in [1.54, 1.807) is 7.11 Å². The highest BCUT2D eigenvalue weighted by Crippen LogP contribution is 2.30. The summed E-state index contributed by atoms with van der Waals surface area (Å²) in [5, 5.41) is 14.2. The first kappa shape index (κ1) is 24.1. The Bertz CT molecular complexity index is 1340. The Hall–Kier alpha value is -3.59. The van der Waals surface area contributed by atoms with E-state index in [2.05, 4.69) is 50.9 Å². The minimum atomic E-state index is 0.0297. The largest absolute Gasteiger partial charge is 0.379 e. The lowest BCUT2D eigenvalue weighted by Crippen LogP contribution is -2.36. The van der Waals surface area contributed by atoms with Crippen molar-refractivity contribution < 1.29 is 4.74 Å². The molecule has 3 aromatic heterocycles. The summed E-state index contributed by atoms with van der Waals surface area (Å²) >= 11 is 0. The van der Waals surface area contributed by atoms with Crippen LogP contribution in [-0.2, 0) is 17.7 Å². The number of nitrogens with one attached hydrogen (secondary N) is 1. The maximum absolute atomic E-state index is 13.7. The van der Waals surface area contributed by atoms with E-state index >= 15 is 0 Å². The number of methoxy groups -OCH3 is 1. The molecule has 3 heterocycles. The molecule has 1 fully saturated rings. The van der Waals surface area contributed by atoms with Gasteiger partial charge in [0.25, 0.3) is 0 Å². The third-order valence-electron chi connectivity index (χ3n) is 7.15. The molecule has 5 rings (SSSR count). The van der Waals surface area contributed by atoms with Gasteiger partial charge in [0.05, 0.1) is 24.4 Å². The van der Waals surface area contributed by atoms with Crippen LogP contribution in [0.5, 0.6) is 0 Å². The van der Waals surface area contributed by atoms with Crippen molar-refractivity contribution in [2.24, 2.45) is 0 Å². The van der Waals surface area contributed by atoms with E-state index in [0.717, 1.165) is 73.0 Å². The quantitative estimate of drug-likeness (QED) is 0.375. The number of aryl methyl sites for hydroxylation is 1. The van der Waals surface area contributed by atoms with Gasteiger partial charge in [0.1, 0.15) is 0 Å². The molecule has 0 aliphatic heterocycles. The molecular formula is C27H33N7O2. The Labute approximate surface area is 210 Å². The zero-order valence-corrected chi connectivity index (χ0v) is 20.9. The summed E-state index contributed by atoms with van der Waals surface area (Å²) in [6, 6.07) is 12.2. The van der Waals surface area contributed by atoms with Crippen molar-refractivity contribution in [3.8, 4) is 22.5 Å². The molecule has 0 amide bonds. The second-order valence-electron chi connectivity index (χ2n) is 9.49. The molecule has 1 aliphatic carbocycles. The van der Waals surface area contributed by atoms with Crippen molar-refractivity contribution in [1.29, 1.82) is 0 Å². The van der Waals surface area contributed by atoms with E-state index in [1.807, 2.05) is 39.6 Å². The summed E-state index contributed by atoms with van der Waals surface area (Å²) in [6.45, 7) is 2.62. The van der Waals surface area contributed by atoms with Gasteiger partial charge in [0.15, 0.2) is 5.82 Å². The van der Waals surface area contributed by atoms with E-state index in [0.29, 0.717) is 12.4 Å². The van der Waals surface area contributed by atoms with Crippen molar-refractivity contribution in [2.75, 3.05) is 7.11 Å². The molecule has 188 valence electrons. The van der Waals surface area contributed by atoms with Gasteiger partial charge in [-0.15, -0.1) is 5.10 Å². The van der Waals surface area contributed by atoms with E-state index in [1.165, 1.54) is 0 Å². The first-order valence-corrected chi connectivity index (χ1v) is 12.8. The molecule has 9 heteroatoms. The van der Waals surface area contributed by atoms with Crippen LogP contribution in [0, 0.1) is 0 Å². The number of pyridine rings is 1. The first-order valence-electron chi connectivity index (χ1n) is 12.8. The van der Waals surface area contributed by atoms with Crippen molar-refractivity contribution >= 4 is 0 Å². The Balaban J connectivity index is 1.46. The van der Waals surface area contributed by atoms with Crippen LogP contribution in [0.3, 0.4) is 0 Å². The lowest BCUT2D eigenvalue weighted by atomic mass is 9.92. The minimum Gasteiger partial charge on any atom is -0.379 e. The summed E-state index contributed by atoms with van der Waals surface area (Å²) in [4.78, 5) is 18.3. The number of aromatic amines is 1. The number of H-pyrrole nitrogens is 1. The molecule has 2 atom stereocenters. The molecular weight excluding hydrogens is 454 g/mol. The maximum Gasteiger partial charge on any atom is 0.329 e. The number of rotatable bonds is 9. The van der Waals surface area contributed by atoms with Crippen LogP contribution in [0.15, 0.2) is 53.6 Å². The van der Waals surface area contributed by atoms with Crippen molar-refractivity contribution in [3.05, 3.63) is 70.7 Å². The number of benzene rings is 1. The van der Waals surface area contributed by atoms with Crippen LogP contribution >= 0.6 is 0 Å². The van der Waals surface area contributed by atoms with Crippen LogP contribution in [0.25, 0.3) is 22.5 Å². The van der Waals surface area contributed by atoms with Crippen LogP contribution in [-0.4, -0.2) is 48.0 Å². The number of hydrogen-bond donors (Lipinski definition) is 1. The summed E-state index contributed by atoms with van der Waals surface area (Å²) in [5.41, 5.74) is 4.92. The van der Waals surface area contributed by atoms with E-state index in [9.17, 15) is 4.79 Å². The number of imidazole rings is 1. The van der Waals surface area contributed by atoms with Crippen molar-refractivity contribution in [1.82, 2.24) is 34.7 Å². The third-order valence-corrected chi connectivity index (χ3v) is 7.15. The summed E-state index contributed by atoms with van der Waals surface area (Å²) in [5.74, 6) is 0.622. The average molecular weight is 488 g/mol. The number of tetrazole rings is 1. The molecule has 0 saturated heterocycles. The number of hydrogen-bond acceptors (Lipinski definition) is 6. The molecule has 0 spiro atoms. The minimum absolute atomic E-state index is 0.0297. The lowest BCUT2D eigenvalue weighted by molar-refractivity contribution is 0.0276. The highest BCUT2D eigenvalue weighted by molar-refractivity contribution is 5.70. The number of unbranched alkanes of at least 4 members (excludes halogenated alkanes) is 1. The fraction of sp³-hybridized carbons (Fsp3) is 0.444. The van der Waals surface area contributed by atoms with Gasteiger partial charge in [-0.2, -0.15) is 0 Å². The highest BCUT2D eigenvalue weighted by atomic mass is 16.5. The van der Waals surface area contributed by atoms with Crippen LogP contribution in [0.2, 0.25) is 0 Å². The second-order valence-corrected chi connectivity index (χ2v) is 9.49. The van der Waals surface area contributed by atoms with Crippen molar-refractivity contribution in [3.63, 3.8) is 0 Å². The Kier molecular flexibility index (Phi) is 7.36. The third kappa shape index (κ3) is 5.02. The summed E-state index contributed by atoms with van der Waals surface area (Å²) < 4.78 is 9.60. The molecule has 1 aliphatic rings. The maximum atomic E-state index is 13.7. The topological polar surface area (TPSA) is 104 Å². The molecule has 1 saturated carbocycles. The second kappa shape index (κ2) is 11.0. The molecule has 1 N–H and O–H groups in total. The fourth-order valence-electron chi connectivity index (χ4n) is 5.22. The van der Waals surface area contributed by atoms with Gasteiger partial charge in [0, 0.05) is 30.8 Å². The molecule has 4 aromatic rings. The monoisotopic (exact) mass is 487 g/mol. The van der Waals surface area contributed by atoms with Gasteiger partial charge in [-0.05, 0) is 65.4 Å². The van der Waals surface area contributed by atoms with Gasteiger partial charge in [-0.25, -0.2) is 9.89 Å². The normalized spacial score (nSPS) is 17.9. The smallest absolute Gasteiger partial charge is 0.329 e.